The van der Waals surface area contributed by atoms with Crippen LogP contribution in [0, 0.1) is 5.82 Å². The maximum Gasteiger partial charge on any atom is 0.227 e. The summed E-state index contributed by atoms with van der Waals surface area (Å²) >= 11 is 0. The summed E-state index contributed by atoms with van der Waals surface area (Å²) in [5, 5.41) is 2.97. The van der Waals surface area contributed by atoms with Gasteiger partial charge in [-0.2, -0.15) is 0 Å². The molecule has 0 aliphatic carbocycles. The van der Waals surface area contributed by atoms with Crippen molar-refractivity contribution in [2.75, 3.05) is 18.4 Å². The topological polar surface area (TPSA) is 41.1 Å². The Kier molecular flexibility index (Phi) is 4.88. The quantitative estimate of drug-likeness (QED) is 0.758. The van der Waals surface area contributed by atoms with Gasteiger partial charge in [0.1, 0.15) is 5.82 Å². The highest BCUT2D eigenvalue weighted by Crippen LogP contribution is 2.21. The van der Waals surface area contributed by atoms with Crippen LogP contribution in [-0.2, 0) is 19.4 Å². The molecule has 1 aromatic heterocycles. The lowest BCUT2D eigenvalue weighted by Crippen LogP contribution is -2.33. The molecule has 0 saturated heterocycles. The molecule has 1 aliphatic rings. The smallest absolute Gasteiger partial charge is 0.227 e. The van der Waals surface area contributed by atoms with Crippen molar-refractivity contribution in [3.05, 3.63) is 83.4 Å². The zero-order chi connectivity index (χ0) is 17.8. The van der Waals surface area contributed by atoms with Gasteiger partial charge < -0.3 is 5.32 Å². The minimum Gasteiger partial charge on any atom is -0.322 e. The maximum atomic E-state index is 13.8. The van der Waals surface area contributed by atoms with E-state index in [0.717, 1.165) is 43.7 Å². The van der Waals surface area contributed by atoms with Gasteiger partial charge in [-0.25, -0.2) is 14.4 Å². The Morgan fingerprint density at radius 3 is 2.69 bits per heavy atom. The monoisotopic (exact) mass is 348 g/mol. The molecular formula is C21H21FN4. The Balaban J connectivity index is 1.40. The molecule has 1 N–H and O–H groups in total. The normalized spacial score (nSPS) is 14.0. The van der Waals surface area contributed by atoms with Crippen LogP contribution in [0.15, 0.2) is 60.8 Å². The van der Waals surface area contributed by atoms with Crippen LogP contribution in [0.3, 0.4) is 0 Å². The highest BCUT2D eigenvalue weighted by atomic mass is 19.1. The number of aromatic nitrogens is 2. The van der Waals surface area contributed by atoms with E-state index in [1.54, 1.807) is 18.2 Å². The molecule has 4 nitrogen and oxygen atoms in total. The number of fused-ring (bicyclic) bond motifs is 1. The first-order valence-corrected chi connectivity index (χ1v) is 8.90. The zero-order valence-electron chi connectivity index (χ0n) is 14.5. The van der Waals surface area contributed by atoms with Crippen molar-refractivity contribution in [3.8, 4) is 0 Å². The highest BCUT2D eigenvalue weighted by molar-refractivity contribution is 5.54. The van der Waals surface area contributed by atoms with E-state index in [9.17, 15) is 4.39 Å². The summed E-state index contributed by atoms with van der Waals surface area (Å²) in [7, 11) is 0. The van der Waals surface area contributed by atoms with E-state index >= 15 is 0 Å². The largest absolute Gasteiger partial charge is 0.322 e. The number of para-hydroxylation sites is 1. The van der Waals surface area contributed by atoms with Crippen LogP contribution >= 0.6 is 0 Å². The second-order valence-corrected chi connectivity index (χ2v) is 6.53. The first-order chi connectivity index (χ1) is 12.8. The standard InChI is InChI=1S/C21H21FN4/c22-18-8-4-5-9-20(18)25-21-23-14-17-15-26(13-11-19(17)24-21)12-10-16-6-2-1-3-7-16/h1-9,14H,10-13,15H2,(H,23,24,25). The molecule has 0 fully saturated rings. The highest BCUT2D eigenvalue weighted by Gasteiger charge is 2.18. The number of halogens is 1. The Morgan fingerprint density at radius 1 is 1.04 bits per heavy atom. The molecule has 5 heteroatoms. The molecular weight excluding hydrogens is 327 g/mol. The zero-order valence-corrected chi connectivity index (χ0v) is 14.5. The fraction of sp³-hybridized carbons (Fsp3) is 0.238. The molecule has 3 aromatic rings. The SMILES string of the molecule is Fc1ccccc1Nc1ncc2c(n1)CCN(CCc1ccccc1)C2. The molecule has 0 atom stereocenters. The molecule has 26 heavy (non-hydrogen) atoms. The van der Waals surface area contributed by atoms with Crippen LogP contribution in [0.5, 0.6) is 0 Å². The van der Waals surface area contributed by atoms with Gasteiger partial charge in [0.2, 0.25) is 5.95 Å². The number of anilines is 2. The number of nitrogens with zero attached hydrogens (tertiary/aromatic N) is 3. The molecule has 0 saturated carbocycles. The average Bonchev–Trinajstić information content (AvgIpc) is 2.69. The average molecular weight is 348 g/mol. The number of rotatable bonds is 5. The lowest BCUT2D eigenvalue weighted by molar-refractivity contribution is 0.254. The minimum absolute atomic E-state index is 0.305. The van der Waals surface area contributed by atoms with Crippen molar-refractivity contribution < 1.29 is 4.39 Å². The fourth-order valence-electron chi connectivity index (χ4n) is 3.24. The van der Waals surface area contributed by atoms with Crippen molar-refractivity contribution in [1.29, 1.82) is 0 Å². The van der Waals surface area contributed by atoms with Gasteiger partial charge in [-0.05, 0) is 24.1 Å². The summed E-state index contributed by atoms with van der Waals surface area (Å²) in [6.07, 6.45) is 3.79. The lowest BCUT2D eigenvalue weighted by atomic mass is 10.1. The van der Waals surface area contributed by atoms with Gasteiger partial charge in [0.15, 0.2) is 0 Å². The molecule has 0 bridgehead atoms. The summed E-state index contributed by atoms with van der Waals surface area (Å²) in [6.45, 7) is 2.87. The Morgan fingerprint density at radius 2 is 1.85 bits per heavy atom. The predicted octanol–water partition coefficient (Wildman–Crippen LogP) is 3.96. The van der Waals surface area contributed by atoms with Crippen molar-refractivity contribution >= 4 is 11.6 Å². The van der Waals surface area contributed by atoms with Gasteiger partial charge in [-0.1, -0.05) is 42.5 Å². The minimum atomic E-state index is -0.305. The fourth-order valence-corrected chi connectivity index (χ4v) is 3.24. The lowest BCUT2D eigenvalue weighted by Gasteiger charge is -2.28. The van der Waals surface area contributed by atoms with Crippen LogP contribution in [0.1, 0.15) is 16.8 Å². The Labute approximate surface area is 152 Å². The van der Waals surface area contributed by atoms with E-state index < -0.39 is 0 Å². The summed E-state index contributed by atoms with van der Waals surface area (Å²) in [6, 6.07) is 17.1. The van der Waals surface area contributed by atoms with Crippen molar-refractivity contribution in [2.45, 2.75) is 19.4 Å². The van der Waals surface area contributed by atoms with E-state index in [4.69, 9.17) is 0 Å². The van der Waals surface area contributed by atoms with Gasteiger partial charge in [-0.3, -0.25) is 4.90 Å². The van der Waals surface area contributed by atoms with E-state index in [2.05, 4.69) is 44.5 Å². The first-order valence-electron chi connectivity index (χ1n) is 8.90. The molecule has 2 heterocycles. The molecule has 0 radical (unpaired) electrons. The molecule has 0 amide bonds. The third-order valence-corrected chi connectivity index (χ3v) is 4.69. The summed E-state index contributed by atoms with van der Waals surface area (Å²) in [4.78, 5) is 11.4. The van der Waals surface area contributed by atoms with E-state index in [-0.39, 0.29) is 5.82 Å². The van der Waals surface area contributed by atoms with Crippen molar-refractivity contribution in [1.82, 2.24) is 14.9 Å². The van der Waals surface area contributed by atoms with Crippen LogP contribution in [-0.4, -0.2) is 28.0 Å². The molecule has 1 aliphatic heterocycles. The molecule has 0 unspecified atom stereocenters. The maximum absolute atomic E-state index is 13.8. The number of hydrogen-bond acceptors (Lipinski definition) is 4. The van der Waals surface area contributed by atoms with Gasteiger partial charge in [-0.15, -0.1) is 0 Å². The third kappa shape index (κ3) is 3.89. The van der Waals surface area contributed by atoms with E-state index in [0.29, 0.717) is 11.6 Å². The van der Waals surface area contributed by atoms with Crippen LogP contribution in [0.2, 0.25) is 0 Å². The van der Waals surface area contributed by atoms with E-state index in [1.807, 2.05) is 12.3 Å². The number of hydrogen-bond donors (Lipinski definition) is 1. The van der Waals surface area contributed by atoms with Gasteiger partial charge in [0.25, 0.3) is 0 Å². The predicted molar refractivity (Wildman–Crippen MR) is 101 cm³/mol. The number of nitrogens with one attached hydrogen (secondary N) is 1. The molecule has 2 aromatic carbocycles. The summed E-state index contributed by atoms with van der Waals surface area (Å²) in [5.41, 5.74) is 3.96. The van der Waals surface area contributed by atoms with Crippen LogP contribution in [0.4, 0.5) is 16.0 Å². The van der Waals surface area contributed by atoms with Gasteiger partial charge in [0.05, 0.1) is 11.4 Å². The van der Waals surface area contributed by atoms with Crippen LogP contribution in [0.25, 0.3) is 0 Å². The first kappa shape index (κ1) is 16.7. The number of benzene rings is 2. The molecule has 132 valence electrons. The second kappa shape index (κ2) is 7.62. The van der Waals surface area contributed by atoms with Crippen molar-refractivity contribution in [3.63, 3.8) is 0 Å². The Hall–Kier alpha value is -2.79. The van der Waals surface area contributed by atoms with Crippen molar-refractivity contribution in [2.24, 2.45) is 0 Å². The van der Waals surface area contributed by atoms with Gasteiger partial charge in [0, 0.05) is 37.8 Å². The van der Waals surface area contributed by atoms with Crippen LogP contribution < -0.4 is 5.32 Å². The second-order valence-electron chi connectivity index (χ2n) is 6.53. The van der Waals surface area contributed by atoms with E-state index in [1.165, 1.54) is 11.6 Å². The summed E-state index contributed by atoms with van der Waals surface area (Å²) in [5.74, 6) is 0.146. The summed E-state index contributed by atoms with van der Waals surface area (Å²) < 4.78 is 13.8. The Bertz CT molecular complexity index is 882. The third-order valence-electron chi connectivity index (χ3n) is 4.69. The molecule has 4 rings (SSSR count). The molecule has 0 spiro atoms. The van der Waals surface area contributed by atoms with Gasteiger partial charge >= 0.3 is 0 Å².